The van der Waals surface area contributed by atoms with Gasteiger partial charge in [0, 0.05) is 39.3 Å². The topological polar surface area (TPSA) is 189 Å². The number of hydrogen-bond donors (Lipinski definition) is 1. The molecule has 15 heteroatoms. The smallest absolute Gasteiger partial charge is 0.330 e. The van der Waals surface area contributed by atoms with Crippen molar-refractivity contribution in [1.29, 1.82) is 0 Å². The van der Waals surface area contributed by atoms with Crippen LogP contribution in [0.2, 0.25) is 0 Å². The molecule has 0 aromatic heterocycles. The summed E-state index contributed by atoms with van der Waals surface area (Å²) in [5.41, 5.74) is 4.51. The van der Waals surface area contributed by atoms with Crippen LogP contribution in [0.4, 0.5) is 0 Å². The molecule has 4 rings (SSSR count). The maximum Gasteiger partial charge on any atom is 0.330 e. The fourth-order valence-electron chi connectivity index (χ4n) is 10.3. The van der Waals surface area contributed by atoms with Gasteiger partial charge in [-0.3, -0.25) is 14.4 Å². The van der Waals surface area contributed by atoms with Crippen molar-refractivity contribution in [2.75, 3.05) is 26.4 Å². The van der Waals surface area contributed by atoms with E-state index >= 15 is 0 Å². The third-order valence-corrected chi connectivity index (χ3v) is 14.0. The zero-order chi connectivity index (χ0) is 59.5. The van der Waals surface area contributed by atoms with Crippen LogP contribution >= 0.6 is 0 Å². The van der Waals surface area contributed by atoms with E-state index in [0.717, 1.165) is 62.5 Å². The number of carbonyl (C=O) groups is 5. The lowest BCUT2D eigenvalue weighted by molar-refractivity contribution is -0.160. The first-order valence-electron chi connectivity index (χ1n) is 29.3. The molecule has 0 amide bonds. The molecule has 1 N–H and O–H groups in total. The molecule has 0 aliphatic carbocycles. The molecule has 81 heavy (non-hydrogen) atoms. The summed E-state index contributed by atoms with van der Waals surface area (Å²) in [6, 6.07) is 0. The third-order valence-electron chi connectivity index (χ3n) is 14.0. The highest BCUT2D eigenvalue weighted by molar-refractivity contribution is 5.82. The quantitative estimate of drug-likeness (QED) is 0.0283. The van der Waals surface area contributed by atoms with E-state index < -0.39 is 54.4 Å². The number of esters is 5. The standard InChI is InChI=1S/C34H50O8.C32H48O7/c1-7-11-34(37)42-32(33(41-28(6)36)16-15-30-21-24(2)17-19-39-30)14-10-13-31(40-27(5)35)23-26(4)20-25(3)22-29-12-8-9-18-38-29;1-6-10-32(35)39-30(31(38-26(5)33)15-14-29-21-23(2)16-18-37-29)13-9-11-27(34)20-24(3)19-25(4)22-28-12-7-8-17-36-28/h7-9,11,15-17,25,29-33H,4,10,12-14,18-23H2,1-3,5-6H3;6-8,10,14-16,25,27-31,34H,3,9,11-13,17-22H2,1-2,4-5H3/b11-7-,16-15+;10-6-,15-14+. The Morgan fingerprint density at radius 1 is 0.580 bits per heavy atom. The zero-order valence-electron chi connectivity index (χ0n) is 50.2. The van der Waals surface area contributed by atoms with Crippen LogP contribution in [0.5, 0.6) is 0 Å². The normalized spacial score (nSPS) is 22.2. The van der Waals surface area contributed by atoms with Crippen LogP contribution in [0, 0.1) is 11.8 Å². The number of rotatable bonds is 33. The van der Waals surface area contributed by atoms with E-state index in [2.05, 4.69) is 52.2 Å². The number of carbonyl (C=O) groups excluding carboxylic acids is 5. The molecule has 12 unspecified atom stereocenters. The highest BCUT2D eigenvalue weighted by Crippen LogP contribution is 2.28. The molecule has 0 bridgehead atoms. The van der Waals surface area contributed by atoms with Gasteiger partial charge in [0.2, 0.25) is 0 Å². The molecule has 0 saturated heterocycles. The molecule has 0 radical (unpaired) electrons. The lowest BCUT2D eigenvalue weighted by Gasteiger charge is -2.26. The predicted molar refractivity (Wildman–Crippen MR) is 316 cm³/mol. The van der Waals surface area contributed by atoms with Gasteiger partial charge in [0.25, 0.3) is 0 Å². The second-order valence-corrected chi connectivity index (χ2v) is 22.2. The van der Waals surface area contributed by atoms with E-state index in [4.69, 9.17) is 42.6 Å². The fraction of sp³-hybridized carbons (Fsp3) is 0.621. The summed E-state index contributed by atoms with van der Waals surface area (Å²) < 4.78 is 51.3. The van der Waals surface area contributed by atoms with Crippen LogP contribution in [0.1, 0.15) is 165 Å². The molecule has 4 aliphatic heterocycles. The van der Waals surface area contributed by atoms with Gasteiger partial charge in [-0.05, 0) is 148 Å². The summed E-state index contributed by atoms with van der Waals surface area (Å²) in [5, 5.41) is 10.7. The van der Waals surface area contributed by atoms with Crippen LogP contribution < -0.4 is 0 Å². The number of aliphatic hydroxyl groups is 1. The minimum Gasteiger partial charge on any atom is -0.462 e. The first-order valence-corrected chi connectivity index (χ1v) is 29.3. The summed E-state index contributed by atoms with van der Waals surface area (Å²) in [4.78, 5) is 60.5. The van der Waals surface area contributed by atoms with Gasteiger partial charge in [0.1, 0.15) is 18.3 Å². The zero-order valence-corrected chi connectivity index (χ0v) is 50.2. The minimum atomic E-state index is -0.786. The summed E-state index contributed by atoms with van der Waals surface area (Å²) >= 11 is 0. The second kappa shape index (κ2) is 39.9. The SMILES string of the molecule is C=C(CC(C)CC1CC=CCO1)CC(CCCC(OC(=O)/C=C\C)C(/C=C/C1CC(C)=CCO1)OC(C)=O)OC(C)=O.C=C(CC(C)CC1CC=CCO1)CC(O)CCCC(OC(=O)/C=C\C)C(/C=C/C1CC(C)=CCO1)OC(C)=O. The average molecular weight is 1130 g/mol. The van der Waals surface area contributed by atoms with E-state index in [0.29, 0.717) is 89.6 Å². The molecule has 4 heterocycles. The van der Waals surface area contributed by atoms with Crippen molar-refractivity contribution >= 4 is 29.8 Å². The second-order valence-electron chi connectivity index (χ2n) is 22.2. The van der Waals surface area contributed by atoms with E-state index in [9.17, 15) is 29.1 Å². The first kappa shape index (κ1) is 69.8. The molecule has 4 aliphatic rings. The fourth-order valence-corrected chi connectivity index (χ4v) is 10.3. The summed E-state index contributed by atoms with van der Waals surface area (Å²) in [7, 11) is 0. The molecule has 15 nitrogen and oxygen atoms in total. The monoisotopic (exact) mass is 1130 g/mol. The maximum absolute atomic E-state index is 12.4. The van der Waals surface area contributed by atoms with Crippen LogP contribution in [0.25, 0.3) is 0 Å². The van der Waals surface area contributed by atoms with Gasteiger partial charge in [0.05, 0.1) is 56.9 Å². The van der Waals surface area contributed by atoms with Gasteiger partial charge >= 0.3 is 29.8 Å². The number of allylic oxidation sites excluding steroid dienone is 2. The molecule has 452 valence electrons. The number of ether oxygens (including phenoxy) is 9. The van der Waals surface area contributed by atoms with Crippen LogP contribution in [0.15, 0.2) is 121 Å². The van der Waals surface area contributed by atoms with Crippen molar-refractivity contribution in [1.82, 2.24) is 0 Å². The predicted octanol–water partition coefficient (Wildman–Crippen LogP) is 12.4. The van der Waals surface area contributed by atoms with Gasteiger partial charge in [-0.25, -0.2) is 9.59 Å². The van der Waals surface area contributed by atoms with E-state index in [1.807, 2.05) is 37.3 Å². The van der Waals surface area contributed by atoms with E-state index in [1.54, 1.807) is 38.2 Å². The highest BCUT2D eigenvalue weighted by atomic mass is 16.6. The van der Waals surface area contributed by atoms with Crippen molar-refractivity contribution in [3.05, 3.63) is 121 Å². The van der Waals surface area contributed by atoms with Crippen molar-refractivity contribution < 1.29 is 71.7 Å². The Balaban J connectivity index is 0.000000426. The lowest BCUT2D eigenvalue weighted by atomic mass is 9.91. The number of aliphatic hydroxyl groups excluding tert-OH is 1. The lowest BCUT2D eigenvalue weighted by Crippen LogP contribution is -2.34. The van der Waals surface area contributed by atoms with Gasteiger partial charge in [0.15, 0.2) is 12.2 Å². The molecular weight excluding hydrogens is 1030 g/mol. The van der Waals surface area contributed by atoms with Gasteiger partial charge in [-0.2, -0.15) is 0 Å². The summed E-state index contributed by atoms with van der Waals surface area (Å²) in [6.07, 6.45) is 33.1. The molecule has 0 saturated carbocycles. The Labute approximate surface area is 484 Å². The Morgan fingerprint density at radius 2 is 1.01 bits per heavy atom. The molecule has 0 spiro atoms. The Bertz CT molecular complexity index is 2210. The van der Waals surface area contributed by atoms with Crippen LogP contribution in [0.3, 0.4) is 0 Å². The molecule has 0 aromatic rings. The molecule has 12 atom stereocenters. The average Bonchev–Trinajstić information content (AvgIpc) is 3.39. The minimum absolute atomic E-state index is 0.128. The van der Waals surface area contributed by atoms with Crippen LogP contribution in [-0.4, -0.2) is 122 Å². The van der Waals surface area contributed by atoms with Crippen molar-refractivity contribution in [2.24, 2.45) is 11.8 Å². The highest BCUT2D eigenvalue weighted by Gasteiger charge is 2.29. The Kier molecular flexibility index (Phi) is 34.4. The van der Waals surface area contributed by atoms with Crippen molar-refractivity contribution in [3.63, 3.8) is 0 Å². The summed E-state index contributed by atoms with van der Waals surface area (Å²) in [5.74, 6) is -1.48. The number of hydrogen-bond acceptors (Lipinski definition) is 15. The first-order chi connectivity index (χ1) is 38.7. The van der Waals surface area contributed by atoms with E-state index in [-0.39, 0.29) is 36.5 Å². The molecule has 0 fully saturated rings. The summed E-state index contributed by atoms with van der Waals surface area (Å²) in [6.45, 7) is 26.9. The molecular formula is C66H98O15. The largest absolute Gasteiger partial charge is 0.462 e. The molecule has 0 aromatic carbocycles. The van der Waals surface area contributed by atoms with Gasteiger partial charge in [-0.1, -0.05) is 110 Å². The van der Waals surface area contributed by atoms with Crippen molar-refractivity contribution in [3.8, 4) is 0 Å². The van der Waals surface area contributed by atoms with Gasteiger partial charge < -0.3 is 47.7 Å². The van der Waals surface area contributed by atoms with Crippen LogP contribution in [-0.2, 0) is 66.6 Å². The third kappa shape index (κ3) is 32.1. The van der Waals surface area contributed by atoms with Crippen molar-refractivity contribution in [2.45, 2.75) is 226 Å². The Hall–Kier alpha value is -5.45. The van der Waals surface area contributed by atoms with E-state index in [1.165, 1.54) is 44.1 Å². The maximum atomic E-state index is 12.4. The van der Waals surface area contributed by atoms with Gasteiger partial charge in [-0.15, -0.1) is 0 Å². The Morgan fingerprint density at radius 3 is 1.41 bits per heavy atom.